The second-order valence-electron chi connectivity index (χ2n) is 8.35. The Bertz CT molecular complexity index is 1160. The van der Waals surface area contributed by atoms with Crippen LogP contribution in [-0.4, -0.2) is 48.5 Å². The van der Waals surface area contributed by atoms with Crippen molar-refractivity contribution >= 4 is 16.9 Å². The minimum Gasteiger partial charge on any atom is -0.462 e. The number of hydrogen-bond acceptors (Lipinski definition) is 5. The van der Waals surface area contributed by atoms with E-state index in [1.807, 2.05) is 18.3 Å². The molecule has 7 heteroatoms. The fourth-order valence-electron chi connectivity index (χ4n) is 4.67. The summed E-state index contributed by atoms with van der Waals surface area (Å²) in [5.41, 5.74) is 8.04. The normalized spacial score (nSPS) is 17.5. The van der Waals surface area contributed by atoms with Crippen molar-refractivity contribution in [2.24, 2.45) is 0 Å². The van der Waals surface area contributed by atoms with Gasteiger partial charge in [0, 0.05) is 37.5 Å². The van der Waals surface area contributed by atoms with Crippen molar-refractivity contribution in [2.45, 2.75) is 32.0 Å². The van der Waals surface area contributed by atoms with E-state index in [2.05, 4.69) is 47.7 Å². The van der Waals surface area contributed by atoms with E-state index in [1.54, 1.807) is 4.90 Å². The van der Waals surface area contributed by atoms with Gasteiger partial charge in [-0.3, -0.25) is 9.82 Å². The molecule has 3 aromatic rings. The fourth-order valence-corrected chi connectivity index (χ4v) is 4.67. The molecule has 0 saturated carbocycles. The minimum atomic E-state index is -0.695. The average Bonchev–Trinajstić information content (AvgIpc) is 2.98. The molecule has 2 amide bonds. The molecule has 166 valence electrons. The summed E-state index contributed by atoms with van der Waals surface area (Å²) < 4.78 is 12.6. The number of aryl methyl sites for hydroxylation is 1. The minimum absolute atomic E-state index is 0.235. The Morgan fingerprint density at radius 1 is 1.19 bits per heavy atom. The number of hydroxylamine groups is 1. The Labute approximate surface area is 187 Å². The zero-order chi connectivity index (χ0) is 22.1. The number of hydrogen-bond donors (Lipinski definition) is 1. The molecule has 7 nitrogen and oxygen atoms in total. The number of nitrogens with zero attached hydrogens (tertiary/aromatic N) is 2. The maximum Gasteiger partial charge on any atom is 0.341 e. The predicted octanol–water partition coefficient (Wildman–Crippen LogP) is 4.22. The van der Waals surface area contributed by atoms with Crippen LogP contribution in [0.25, 0.3) is 22.0 Å². The van der Waals surface area contributed by atoms with Crippen molar-refractivity contribution < 1.29 is 19.1 Å². The molecular formula is C25H27N3O4. The van der Waals surface area contributed by atoms with Gasteiger partial charge in [-0.25, -0.2) is 10.3 Å². The Hall–Kier alpha value is -3.16. The number of pyridine rings is 1. The van der Waals surface area contributed by atoms with Crippen molar-refractivity contribution in [1.82, 2.24) is 15.4 Å². The van der Waals surface area contributed by atoms with E-state index in [4.69, 9.17) is 14.3 Å². The van der Waals surface area contributed by atoms with Gasteiger partial charge in [0.05, 0.1) is 19.2 Å². The third kappa shape index (κ3) is 3.78. The lowest BCUT2D eigenvalue weighted by Crippen LogP contribution is -2.53. The lowest BCUT2D eigenvalue weighted by Gasteiger charge is -2.40. The fraction of sp³-hybridized carbons (Fsp3) is 0.360. The van der Waals surface area contributed by atoms with Crippen LogP contribution in [0.1, 0.15) is 24.0 Å². The van der Waals surface area contributed by atoms with Gasteiger partial charge in [-0.1, -0.05) is 24.3 Å². The highest BCUT2D eigenvalue weighted by atomic mass is 16.7. The number of benzene rings is 2. The zero-order valence-corrected chi connectivity index (χ0v) is 18.4. The van der Waals surface area contributed by atoms with E-state index in [9.17, 15) is 4.79 Å². The Morgan fingerprint density at radius 2 is 2.03 bits per heavy atom. The third-order valence-electron chi connectivity index (χ3n) is 6.43. The second-order valence-corrected chi connectivity index (χ2v) is 8.35. The molecule has 2 aliphatic heterocycles. The van der Waals surface area contributed by atoms with Crippen LogP contribution in [0.5, 0.6) is 5.75 Å². The summed E-state index contributed by atoms with van der Waals surface area (Å²) in [6.07, 6.45) is 3.84. The number of amides is 2. The first-order valence-corrected chi connectivity index (χ1v) is 11.0. The van der Waals surface area contributed by atoms with E-state index in [-0.39, 0.29) is 6.03 Å². The molecule has 2 aliphatic rings. The third-order valence-corrected chi connectivity index (χ3v) is 6.43. The van der Waals surface area contributed by atoms with E-state index in [1.165, 1.54) is 18.2 Å². The largest absolute Gasteiger partial charge is 0.462 e. The number of carbonyl (C=O) groups is 1. The van der Waals surface area contributed by atoms with Crippen molar-refractivity contribution in [2.75, 3.05) is 26.8 Å². The molecule has 0 aliphatic carbocycles. The number of fused-ring (bicyclic) bond motifs is 2. The highest BCUT2D eigenvalue weighted by Crippen LogP contribution is 2.38. The number of piperidine rings is 1. The van der Waals surface area contributed by atoms with Gasteiger partial charge < -0.3 is 14.4 Å². The van der Waals surface area contributed by atoms with Gasteiger partial charge >= 0.3 is 6.03 Å². The maximum absolute atomic E-state index is 12.0. The lowest BCUT2D eigenvalue weighted by atomic mass is 9.95. The first-order valence-electron chi connectivity index (χ1n) is 11.0. The summed E-state index contributed by atoms with van der Waals surface area (Å²) in [7, 11) is 1.43. The molecule has 0 bridgehead atoms. The summed E-state index contributed by atoms with van der Waals surface area (Å²) >= 11 is 0. The highest BCUT2D eigenvalue weighted by molar-refractivity contribution is 5.88. The molecule has 2 aromatic carbocycles. The molecular weight excluding hydrogens is 406 g/mol. The summed E-state index contributed by atoms with van der Waals surface area (Å²) in [5, 5.41) is 1.15. The molecule has 1 fully saturated rings. The summed E-state index contributed by atoms with van der Waals surface area (Å²) in [6.45, 7) is 3.80. The SMILES string of the molecule is CONC(=O)N1CCC2(CC1)OCCc1cc(-c3ccc4cccnc4c3C)ccc1O2. The van der Waals surface area contributed by atoms with E-state index >= 15 is 0 Å². The van der Waals surface area contributed by atoms with Gasteiger partial charge in [-0.15, -0.1) is 0 Å². The summed E-state index contributed by atoms with van der Waals surface area (Å²) in [4.78, 5) is 23.0. The number of likely N-dealkylation sites (tertiary alicyclic amines) is 1. The van der Waals surface area contributed by atoms with Gasteiger partial charge in [0.25, 0.3) is 0 Å². The number of nitrogens with one attached hydrogen (secondary N) is 1. The molecule has 0 unspecified atom stereocenters. The van der Waals surface area contributed by atoms with Crippen LogP contribution in [-0.2, 0) is 16.0 Å². The quantitative estimate of drug-likeness (QED) is 0.613. The summed E-state index contributed by atoms with van der Waals surface area (Å²) in [6, 6.07) is 14.5. The Morgan fingerprint density at radius 3 is 2.84 bits per heavy atom. The molecule has 1 spiro atoms. The zero-order valence-electron chi connectivity index (χ0n) is 18.4. The van der Waals surface area contributed by atoms with Gasteiger partial charge in [0.2, 0.25) is 5.79 Å². The number of ether oxygens (including phenoxy) is 2. The Kier molecular flexibility index (Phi) is 5.45. The topological polar surface area (TPSA) is 72.9 Å². The van der Waals surface area contributed by atoms with E-state index in [0.29, 0.717) is 32.5 Å². The maximum atomic E-state index is 12.0. The van der Waals surface area contributed by atoms with Crippen molar-refractivity contribution in [1.29, 1.82) is 0 Å². The molecule has 32 heavy (non-hydrogen) atoms. The van der Waals surface area contributed by atoms with Gasteiger partial charge in [-0.2, -0.15) is 0 Å². The molecule has 1 aromatic heterocycles. The number of urea groups is 1. The smallest absolute Gasteiger partial charge is 0.341 e. The molecule has 0 atom stereocenters. The van der Waals surface area contributed by atoms with Crippen LogP contribution < -0.4 is 10.2 Å². The molecule has 1 saturated heterocycles. The second kappa shape index (κ2) is 8.41. The van der Waals surface area contributed by atoms with Crippen LogP contribution in [0, 0.1) is 6.92 Å². The number of carbonyl (C=O) groups excluding carboxylic acids is 1. The average molecular weight is 434 g/mol. The summed E-state index contributed by atoms with van der Waals surface area (Å²) in [5.74, 6) is 0.164. The first-order chi connectivity index (χ1) is 15.6. The first kappa shape index (κ1) is 20.7. The Balaban J connectivity index is 1.39. The van der Waals surface area contributed by atoms with Crippen LogP contribution in [0.3, 0.4) is 0 Å². The molecule has 5 rings (SSSR count). The van der Waals surface area contributed by atoms with E-state index in [0.717, 1.165) is 34.2 Å². The monoisotopic (exact) mass is 433 g/mol. The van der Waals surface area contributed by atoms with Crippen LogP contribution in [0.15, 0.2) is 48.7 Å². The van der Waals surface area contributed by atoms with E-state index < -0.39 is 5.79 Å². The molecule has 3 heterocycles. The van der Waals surface area contributed by atoms with Gasteiger partial charge in [-0.05, 0) is 53.8 Å². The van der Waals surface area contributed by atoms with Crippen molar-refractivity contribution in [3.05, 3.63) is 59.8 Å². The van der Waals surface area contributed by atoms with Gasteiger partial charge in [0.1, 0.15) is 5.75 Å². The van der Waals surface area contributed by atoms with Crippen molar-refractivity contribution in [3.63, 3.8) is 0 Å². The standard InChI is InChI=1S/C25H27N3O4/c1-17-21(7-5-18-4-3-12-26-23(17)18)19-6-8-22-20(16-19)9-15-31-25(32-22)10-13-28(14-11-25)24(29)27-30-2/h3-8,12,16H,9-11,13-15H2,1-2H3,(H,27,29). The van der Waals surface area contributed by atoms with Crippen LogP contribution in [0.2, 0.25) is 0 Å². The number of rotatable bonds is 2. The van der Waals surface area contributed by atoms with Gasteiger partial charge in [0.15, 0.2) is 0 Å². The van der Waals surface area contributed by atoms with Crippen molar-refractivity contribution in [3.8, 4) is 16.9 Å². The predicted molar refractivity (Wildman–Crippen MR) is 121 cm³/mol. The van der Waals surface area contributed by atoms with Crippen LogP contribution in [0.4, 0.5) is 4.79 Å². The van der Waals surface area contributed by atoms with Crippen LogP contribution >= 0.6 is 0 Å². The highest BCUT2D eigenvalue weighted by Gasteiger charge is 2.40. The lowest BCUT2D eigenvalue weighted by molar-refractivity contribution is -0.199. The number of aromatic nitrogens is 1. The molecule has 0 radical (unpaired) electrons. The molecule has 1 N–H and O–H groups in total.